The number of hydrogen-bond acceptors (Lipinski definition) is 5. The van der Waals surface area contributed by atoms with E-state index in [0.29, 0.717) is 21.7 Å². The fraction of sp³-hybridized carbons (Fsp3) is 0.111. The van der Waals surface area contributed by atoms with E-state index in [1.807, 2.05) is 0 Å². The molecule has 0 unspecified atom stereocenters. The fourth-order valence-electron chi connectivity index (χ4n) is 2.46. The first-order valence-electron chi connectivity index (χ1n) is 7.72. The van der Waals surface area contributed by atoms with Crippen LogP contribution in [-0.4, -0.2) is 35.1 Å². The van der Waals surface area contributed by atoms with Crippen molar-refractivity contribution in [1.29, 1.82) is 0 Å². The smallest absolute Gasteiger partial charge is 0.336 e. The lowest BCUT2D eigenvalue weighted by Crippen LogP contribution is -2.32. The number of oxime groups is 1. The lowest BCUT2D eigenvalue weighted by Gasteiger charge is -2.12. The van der Waals surface area contributed by atoms with Crippen molar-refractivity contribution >= 4 is 35.2 Å². The van der Waals surface area contributed by atoms with Gasteiger partial charge >= 0.3 is 5.97 Å². The number of carbonyl (C=O) groups excluding carboxylic acids is 3. The van der Waals surface area contributed by atoms with Gasteiger partial charge in [-0.25, -0.2) is 4.79 Å². The molecular weight excluding hydrogens is 358 g/mol. The average molecular weight is 372 g/mol. The summed E-state index contributed by atoms with van der Waals surface area (Å²) in [4.78, 5) is 42.0. The van der Waals surface area contributed by atoms with Crippen molar-refractivity contribution in [3.05, 3.63) is 70.2 Å². The molecule has 0 aromatic heterocycles. The van der Waals surface area contributed by atoms with Gasteiger partial charge in [-0.3, -0.25) is 14.5 Å². The highest BCUT2D eigenvalue weighted by atomic mass is 35.5. The number of amidine groups is 1. The molecule has 1 heterocycles. The van der Waals surface area contributed by atoms with Crippen molar-refractivity contribution in [2.24, 2.45) is 10.9 Å². The molecule has 1 aliphatic rings. The van der Waals surface area contributed by atoms with Gasteiger partial charge in [-0.1, -0.05) is 28.9 Å². The van der Waals surface area contributed by atoms with Gasteiger partial charge < -0.3 is 10.6 Å². The Hall–Kier alpha value is -3.19. The molecule has 2 aromatic rings. The summed E-state index contributed by atoms with van der Waals surface area (Å²) in [5.74, 6) is -1.56. The van der Waals surface area contributed by atoms with Crippen LogP contribution >= 0.6 is 11.6 Å². The summed E-state index contributed by atoms with van der Waals surface area (Å²) in [5, 5.41) is 4.10. The highest BCUT2D eigenvalue weighted by Crippen LogP contribution is 2.22. The van der Waals surface area contributed by atoms with Crippen molar-refractivity contribution in [2.75, 3.05) is 6.54 Å². The molecule has 0 saturated heterocycles. The van der Waals surface area contributed by atoms with Crippen molar-refractivity contribution in [3.63, 3.8) is 0 Å². The number of fused-ring (bicyclic) bond motifs is 1. The second kappa shape index (κ2) is 7.37. The first-order chi connectivity index (χ1) is 12.5. The Morgan fingerprint density at radius 2 is 1.62 bits per heavy atom. The van der Waals surface area contributed by atoms with E-state index in [0.717, 1.165) is 4.90 Å². The van der Waals surface area contributed by atoms with Gasteiger partial charge in [0.2, 0.25) is 0 Å². The molecule has 2 N–H and O–H groups in total. The summed E-state index contributed by atoms with van der Waals surface area (Å²) in [6, 6.07) is 13.0. The van der Waals surface area contributed by atoms with E-state index < -0.39 is 17.8 Å². The largest absolute Gasteiger partial charge is 0.380 e. The number of hydrogen-bond donors (Lipinski definition) is 1. The molecule has 1 aliphatic heterocycles. The highest BCUT2D eigenvalue weighted by molar-refractivity contribution is 6.30. The molecule has 2 amide bonds. The van der Waals surface area contributed by atoms with E-state index in [1.54, 1.807) is 48.5 Å². The molecule has 0 radical (unpaired) electrons. The maximum Gasteiger partial charge on any atom is 0.336 e. The Kier molecular flexibility index (Phi) is 4.99. The minimum Gasteiger partial charge on any atom is -0.380 e. The molecule has 2 aromatic carbocycles. The summed E-state index contributed by atoms with van der Waals surface area (Å²) in [7, 11) is 0. The first-order valence-corrected chi connectivity index (χ1v) is 8.09. The van der Waals surface area contributed by atoms with Crippen LogP contribution in [0.5, 0.6) is 0 Å². The molecule has 0 bridgehead atoms. The molecule has 0 fully saturated rings. The number of nitrogens with two attached hydrogens (primary N) is 1. The third kappa shape index (κ3) is 3.57. The van der Waals surface area contributed by atoms with Gasteiger partial charge in [-0.15, -0.1) is 0 Å². The number of nitrogens with zero attached hydrogens (tertiary/aromatic N) is 2. The van der Waals surface area contributed by atoms with Crippen LogP contribution in [-0.2, 0) is 9.63 Å². The predicted octanol–water partition coefficient (Wildman–Crippen LogP) is 2.19. The monoisotopic (exact) mass is 371 g/mol. The minimum atomic E-state index is -0.710. The van der Waals surface area contributed by atoms with Crippen LogP contribution in [0.2, 0.25) is 5.02 Å². The number of carbonyl (C=O) groups is 3. The van der Waals surface area contributed by atoms with E-state index in [9.17, 15) is 14.4 Å². The maximum atomic E-state index is 12.2. The Bertz CT molecular complexity index is 874. The quantitative estimate of drug-likeness (QED) is 0.285. The molecule has 7 nitrogen and oxygen atoms in total. The van der Waals surface area contributed by atoms with Gasteiger partial charge in [0, 0.05) is 17.1 Å². The van der Waals surface area contributed by atoms with Crippen LogP contribution in [0.1, 0.15) is 32.7 Å². The SMILES string of the molecule is N/C(=N\OC(=O)CCN1C(=O)c2ccccc2C1=O)c1ccc(Cl)cc1. The van der Waals surface area contributed by atoms with Gasteiger partial charge in [0.05, 0.1) is 17.5 Å². The molecule has 8 heteroatoms. The molecular formula is C18H14ClN3O4. The zero-order chi connectivity index (χ0) is 18.7. The van der Waals surface area contributed by atoms with Crippen molar-refractivity contribution in [2.45, 2.75) is 6.42 Å². The third-order valence-corrected chi connectivity index (χ3v) is 4.06. The normalized spacial score (nSPS) is 13.7. The topological polar surface area (TPSA) is 102 Å². The molecule has 0 atom stereocenters. The predicted molar refractivity (Wildman–Crippen MR) is 94.7 cm³/mol. The maximum absolute atomic E-state index is 12.2. The average Bonchev–Trinajstić information content (AvgIpc) is 2.89. The standard InChI is InChI=1S/C18H14ClN3O4/c19-12-7-5-11(6-8-12)16(20)21-26-15(23)9-10-22-17(24)13-3-1-2-4-14(13)18(22)25/h1-8H,9-10H2,(H2,20,21). The second-order valence-corrected chi connectivity index (χ2v) is 5.94. The van der Waals surface area contributed by atoms with Crippen LogP contribution in [0.3, 0.4) is 0 Å². The Balaban J connectivity index is 1.56. The molecule has 26 heavy (non-hydrogen) atoms. The van der Waals surface area contributed by atoms with Crippen molar-refractivity contribution in [3.8, 4) is 0 Å². The van der Waals surface area contributed by atoms with Crippen LogP contribution in [0.25, 0.3) is 0 Å². The number of imide groups is 1. The van der Waals surface area contributed by atoms with Crippen LogP contribution < -0.4 is 5.73 Å². The molecule has 0 aliphatic carbocycles. The van der Waals surface area contributed by atoms with Gasteiger partial charge in [-0.05, 0) is 36.4 Å². The van der Waals surface area contributed by atoms with Crippen molar-refractivity contribution in [1.82, 2.24) is 4.90 Å². The number of amides is 2. The highest BCUT2D eigenvalue weighted by Gasteiger charge is 2.35. The Morgan fingerprint density at radius 1 is 1.04 bits per heavy atom. The lowest BCUT2D eigenvalue weighted by atomic mass is 10.1. The first kappa shape index (κ1) is 17.6. The lowest BCUT2D eigenvalue weighted by molar-refractivity contribution is -0.143. The summed E-state index contributed by atoms with van der Waals surface area (Å²) in [5.41, 5.74) is 6.93. The molecule has 3 rings (SSSR count). The Labute approximate surface area is 154 Å². The number of halogens is 1. The van der Waals surface area contributed by atoms with Crippen molar-refractivity contribution < 1.29 is 19.2 Å². The summed E-state index contributed by atoms with van der Waals surface area (Å²) >= 11 is 5.78. The fourth-order valence-corrected chi connectivity index (χ4v) is 2.59. The summed E-state index contributed by atoms with van der Waals surface area (Å²) < 4.78 is 0. The van der Waals surface area contributed by atoms with Gasteiger partial charge in [0.15, 0.2) is 5.84 Å². The zero-order valence-electron chi connectivity index (χ0n) is 13.5. The van der Waals surface area contributed by atoms with Gasteiger partial charge in [-0.2, -0.15) is 0 Å². The van der Waals surface area contributed by atoms with E-state index in [2.05, 4.69) is 5.16 Å². The van der Waals surface area contributed by atoms with E-state index in [-0.39, 0.29) is 18.8 Å². The summed E-state index contributed by atoms with van der Waals surface area (Å²) in [6.45, 7) is -0.0957. The van der Waals surface area contributed by atoms with E-state index in [1.165, 1.54) is 0 Å². The summed E-state index contributed by atoms with van der Waals surface area (Å²) in [6.07, 6.45) is -0.192. The van der Waals surface area contributed by atoms with Gasteiger partial charge in [0.1, 0.15) is 0 Å². The van der Waals surface area contributed by atoms with Gasteiger partial charge in [0.25, 0.3) is 11.8 Å². The van der Waals surface area contributed by atoms with E-state index >= 15 is 0 Å². The van der Waals surface area contributed by atoms with Crippen LogP contribution in [0.15, 0.2) is 53.7 Å². The Morgan fingerprint density at radius 3 is 2.19 bits per heavy atom. The number of rotatable bonds is 5. The zero-order valence-corrected chi connectivity index (χ0v) is 14.3. The second-order valence-electron chi connectivity index (χ2n) is 5.50. The van der Waals surface area contributed by atoms with Crippen LogP contribution in [0, 0.1) is 0 Å². The third-order valence-electron chi connectivity index (χ3n) is 3.80. The number of benzene rings is 2. The molecule has 132 valence electrons. The molecule has 0 spiro atoms. The van der Waals surface area contributed by atoms with Crippen LogP contribution in [0.4, 0.5) is 0 Å². The minimum absolute atomic E-state index is 0.00995. The molecule has 0 saturated carbocycles. The van der Waals surface area contributed by atoms with E-state index in [4.69, 9.17) is 22.2 Å².